The van der Waals surface area contributed by atoms with Crippen molar-refractivity contribution in [2.75, 3.05) is 6.54 Å². The van der Waals surface area contributed by atoms with Crippen molar-refractivity contribution in [2.24, 2.45) is 5.73 Å². The molecule has 1 heterocycles. The molecule has 0 amide bonds. The van der Waals surface area contributed by atoms with Gasteiger partial charge in [-0.2, -0.15) is 0 Å². The summed E-state index contributed by atoms with van der Waals surface area (Å²) in [7, 11) is 0. The van der Waals surface area contributed by atoms with E-state index in [1.54, 1.807) is 6.20 Å². The van der Waals surface area contributed by atoms with Crippen molar-refractivity contribution in [3.05, 3.63) is 23.3 Å². The summed E-state index contributed by atoms with van der Waals surface area (Å²) < 4.78 is 0. The molecule has 1 aromatic heterocycles. The molecule has 0 saturated heterocycles. The number of aryl methyl sites for hydroxylation is 1. The van der Waals surface area contributed by atoms with E-state index in [0.717, 1.165) is 17.9 Å². The Morgan fingerprint density at radius 1 is 1.46 bits per heavy atom. The van der Waals surface area contributed by atoms with Crippen LogP contribution in [0.2, 0.25) is 0 Å². The lowest BCUT2D eigenvalue weighted by Gasteiger charge is -1.99. The highest BCUT2D eigenvalue weighted by molar-refractivity contribution is 5.99. The second kappa shape index (κ2) is 3.22. The first-order chi connectivity index (χ1) is 6.31. The number of hydrogen-bond acceptors (Lipinski definition) is 4. The maximum Gasteiger partial charge on any atom is 0.166 e. The van der Waals surface area contributed by atoms with E-state index in [9.17, 15) is 4.79 Å². The van der Waals surface area contributed by atoms with Gasteiger partial charge in [0, 0.05) is 19.0 Å². The monoisotopic (exact) mass is 177 g/mol. The highest BCUT2D eigenvalue weighted by Gasteiger charge is 2.21. The van der Waals surface area contributed by atoms with Gasteiger partial charge in [0.2, 0.25) is 0 Å². The van der Waals surface area contributed by atoms with E-state index >= 15 is 0 Å². The van der Waals surface area contributed by atoms with Crippen LogP contribution in [-0.2, 0) is 12.8 Å². The third kappa shape index (κ3) is 1.45. The first-order valence-electron chi connectivity index (χ1n) is 4.39. The Kier molecular flexibility index (Phi) is 2.06. The number of ketones is 1. The largest absolute Gasteiger partial charge is 0.330 e. The Bertz CT molecular complexity index is 349. The lowest BCUT2D eigenvalue weighted by molar-refractivity contribution is 0.0994. The number of hydrogen-bond donors (Lipinski definition) is 1. The molecule has 1 aromatic rings. The van der Waals surface area contributed by atoms with Crippen molar-refractivity contribution in [3.8, 4) is 0 Å². The lowest BCUT2D eigenvalue weighted by atomic mass is 10.2. The van der Waals surface area contributed by atoms with Crippen molar-refractivity contribution in [1.82, 2.24) is 9.97 Å². The summed E-state index contributed by atoms with van der Waals surface area (Å²) in [6.07, 6.45) is 3.65. The van der Waals surface area contributed by atoms with Crippen LogP contribution >= 0.6 is 0 Å². The predicted octanol–water partition coefficient (Wildman–Crippen LogP) is 0.107. The fourth-order valence-corrected chi connectivity index (χ4v) is 1.50. The molecule has 0 fully saturated rings. The number of carbonyl (C=O) groups excluding carboxylic acids is 1. The minimum absolute atomic E-state index is 0.161. The smallest absolute Gasteiger partial charge is 0.166 e. The Morgan fingerprint density at radius 2 is 2.31 bits per heavy atom. The van der Waals surface area contributed by atoms with Crippen LogP contribution in [0, 0.1) is 0 Å². The summed E-state index contributed by atoms with van der Waals surface area (Å²) in [6.45, 7) is 0.548. The Morgan fingerprint density at radius 3 is 3.08 bits per heavy atom. The minimum atomic E-state index is 0.161. The Labute approximate surface area is 76.2 Å². The van der Waals surface area contributed by atoms with Crippen LogP contribution in [0.25, 0.3) is 0 Å². The molecular weight excluding hydrogens is 166 g/mol. The van der Waals surface area contributed by atoms with Crippen molar-refractivity contribution >= 4 is 5.78 Å². The standard InChI is InChI=1S/C9H11N3O/c10-4-3-9-11-5-6-7(12-9)1-2-8(6)13/h5H,1-4,10H2. The van der Waals surface area contributed by atoms with E-state index < -0.39 is 0 Å². The van der Waals surface area contributed by atoms with Gasteiger partial charge in [0.1, 0.15) is 5.82 Å². The second-order valence-electron chi connectivity index (χ2n) is 3.11. The molecule has 0 spiro atoms. The fraction of sp³-hybridized carbons (Fsp3) is 0.444. The second-order valence-corrected chi connectivity index (χ2v) is 3.11. The third-order valence-electron chi connectivity index (χ3n) is 2.17. The molecule has 68 valence electrons. The van der Waals surface area contributed by atoms with Crippen molar-refractivity contribution in [3.63, 3.8) is 0 Å². The molecule has 0 aliphatic heterocycles. The molecule has 1 aliphatic rings. The van der Waals surface area contributed by atoms with Crippen molar-refractivity contribution < 1.29 is 4.79 Å². The van der Waals surface area contributed by atoms with Gasteiger partial charge in [0.15, 0.2) is 5.78 Å². The van der Waals surface area contributed by atoms with Crippen LogP contribution in [0.15, 0.2) is 6.20 Å². The quantitative estimate of drug-likeness (QED) is 0.696. The van der Waals surface area contributed by atoms with Gasteiger partial charge in [-0.15, -0.1) is 0 Å². The molecule has 0 saturated carbocycles. The molecular formula is C9H11N3O. The molecule has 4 nitrogen and oxygen atoms in total. The normalized spacial score (nSPS) is 14.7. The molecule has 2 rings (SSSR count). The zero-order chi connectivity index (χ0) is 9.26. The van der Waals surface area contributed by atoms with Crippen LogP contribution in [-0.4, -0.2) is 22.3 Å². The van der Waals surface area contributed by atoms with Gasteiger partial charge in [-0.05, 0) is 13.0 Å². The average molecular weight is 177 g/mol. The van der Waals surface area contributed by atoms with Crippen LogP contribution < -0.4 is 5.73 Å². The number of fused-ring (bicyclic) bond motifs is 1. The van der Waals surface area contributed by atoms with Crippen LogP contribution in [0.5, 0.6) is 0 Å². The first kappa shape index (κ1) is 8.31. The summed E-state index contributed by atoms with van der Waals surface area (Å²) in [4.78, 5) is 19.6. The lowest BCUT2D eigenvalue weighted by Crippen LogP contribution is -2.08. The minimum Gasteiger partial charge on any atom is -0.330 e. The molecule has 2 N–H and O–H groups in total. The van der Waals surface area contributed by atoms with Gasteiger partial charge in [-0.25, -0.2) is 9.97 Å². The van der Waals surface area contributed by atoms with Gasteiger partial charge >= 0.3 is 0 Å². The van der Waals surface area contributed by atoms with E-state index in [-0.39, 0.29) is 5.78 Å². The van der Waals surface area contributed by atoms with Crippen LogP contribution in [0.3, 0.4) is 0 Å². The van der Waals surface area contributed by atoms with Crippen molar-refractivity contribution in [1.29, 1.82) is 0 Å². The molecule has 0 bridgehead atoms. The maximum atomic E-state index is 11.2. The van der Waals surface area contributed by atoms with Crippen molar-refractivity contribution in [2.45, 2.75) is 19.3 Å². The van der Waals surface area contributed by atoms with Gasteiger partial charge in [-0.3, -0.25) is 4.79 Å². The SMILES string of the molecule is NCCc1ncc2c(n1)CCC2=O. The molecule has 4 heteroatoms. The summed E-state index contributed by atoms with van der Waals surface area (Å²) in [5, 5.41) is 0. The summed E-state index contributed by atoms with van der Waals surface area (Å²) in [5.41, 5.74) is 6.97. The molecule has 1 aliphatic carbocycles. The van der Waals surface area contributed by atoms with E-state index in [1.807, 2.05) is 0 Å². The topological polar surface area (TPSA) is 68.9 Å². The van der Waals surface area contributed by atoms with E-state index in [4.69, 9.17) is 5.73 Å². The Balaban J connectivity index is 2.34. The number of nitrogens with two attached hydrogens (primary N) is 1. The summed E-state index contributed by atoms with van der Waals surface area (Å²) in [6, 6.07) is 0. The van der Waals surface area contributed by atoms with E-state index in [0.29, 0.717) is 24.9 Å². The number of nitrogens with zero attached hydrogens (tertiary/aromatic N) is 2. The van der Waals surface area contributed by atoms with Gasteiger partial charge in [0.05, 0.1) is 11.3 Å². The third-order valence-corrected chi connectivity index (χ3v) is 2.17. The highest BCUT2D eigenvalue weighted by Crippen LogP contribution is 2.18. The molecule has 0 atom stereocenters. The van der Waals surface area contributed by atoms with Gasteiger partial charge < -0.3 is 5.73 Å². The number of rotatable bonds is 2. The van der Waals surface area contributed by atoms with Crippen LogP contribution in [0.4, 0.5) is 0 Å². The highest BCUT2D eigenvalue weighted by atomic mass is 16.1. The zero-order valence-corrected chi connectivity index (χ0v) is 7.29. The summed E-state index contributed by atoms with van der Waals surface area (Å²) >= 11 is 0. The molecule has 0 radical (unpaired) electrons. The number of Topliss-reactive ketones (excluding diaryl/α,β-unsaturated/α-hetero) is 1. The molecule has 13 heavy (non-hydrogen) atoms. The molecule has 0 aromatic carbocycles. The molecule has 0 unspecified atom stereocenters. The van der Waals surface area contributed by atoms with E-state index in [1.165, 1.54) is 0 Å². The first-order valence-corrected chi connectivity index (χ1v) is 4.39. The maximum absolute atomic E-state index is 11.2. The predicted molar refractivity (Wildman–Crippen MR) is 47.4 cm³/mol. The van der Waals surface area contributed by atoms with Gasteiger partial charge in [0.25, 0.3) is 0 Å². The number of aromatic nitrogens is 2. The fourth-order valence-electron chi connectivity index (χ4n) is 1.50. The summed E-state index contributed by atoms with van der Waals surface area (Å²) in [5.74, 6) is 0.908. The Hall–Kier alpha value is -1.29. The van der Waals surface area contributed by atoms with E-state index in [2.05, 4.69) is 9.97 Å². The number of carbonyl (C=O) groups is 1. The zero-order valence-electron chi connectivity index (χ0n) is 7.29. The van der Waals surface area contributed by atoms with Gasteiger partial charge in [-0.1, -0.05) is 0 Å². The van der Waals surface area contributed by atoms with Crippen LogP contribution in [0.1, 0.15) is 28.3 Å². The average Bonchev–Trinajstić information content (AvgIpc) is 2.48.